The molecule has 0 heterocycles. The zero-order valence-corrected chi connectivity index (χ0v) is 14.0. The van der Waals surface area contributed by atoms with E-state index in [4.69, 9.17) is 5.73 Å². The maximum Gasteiger partial charge on any atom is 0.418 e. The van der Waals surface area contributed by atoms with Gasteiger partial charge < -0.3 is 5.73 Å². The van der Waals surface area contributed by atoms with Gasteiger partial charge in [-0.1, -0.05) is 78.9 Å². The van der Waals surface area contributed by atoms with E-state index in [1.807, 2.05) is 66.7 Å². The number of allylic oxidation sites excluding steroid dienone is 1. The van der Waals surface area contributed by atoms with Gasteiger partial charge in [-0.25, -0.2) is 0 Å². The van der Waals surface area contributed by atoms with E-state index in [-0.39, 0.29) is 5.69 Å². The summed E-state index contributed by atoms with van der Waals surface area (Å²) in [4.78, 5) is 0. The van der Waals surface area contributed by atoms with Gasteiger partial charge in [-0.3, -0.25) is 0 Å². The van der Waals surface area contributed by atoms with Crippen molar-refractivity contribution in [1.82, 2.24) is 0 Å². The number of halogens is 3. The zero-order chi connectivity index (χ0) is 18.6. The number of nitrogen functional groups attached to an aromatic ring is 1. The highest BCUT2D eigenvalue weighted by atomic mass is 19.4. The summed E-state index contributed by atoms with van der Waals surface area (Å²) < 4.78 is 39.7. The van der Waals surface area contributed by atoms with Crippen LogP contribution in [-0.4, -0.2) is 0 Å². The van der Waals surface area contributed by atoms with Crippen molar-refractivity contribution in [2.24, 2.45) is 0 Å². The molecule has 0 aliphatic heterocycles. The van der Waals surface area contributed by atoms with E-state index in [1.54, 1.807) is 6.07 Å². The first-order valence-corrected chi connectivity index (χ1v) is 8.22. The van der Waals surface area contributed by atoms with Crippen LogP contribution < -0.4 is 5.73 Å². The lowest BCUT2D eigenvalue weighted by molar-refractivity contribution is -0.136. The highest BCUT2D eigenvalue weighted by Gasteiger charge is 2.33. The Morgan fingerprint density at radius 2 is 1.42 bits per heavy atom. The number of alkyl halides is 3. The third-order valence-corrected chi connectivity index (χ3v) is 4.17. The molecule has 26 heavy (non-hydrogen) atoms. The van der Waals surface area contributed by atoms with E-state index in [1.165, 1.54) is 6.07 Å². The fourth-order valence-electron chi connectivity index (χ4n) is 2.88. The molecule has 0 saturated carbocycles. The van der Waals surface area contributed by atoms with Crippen LogP contribution in [0.1, 0.15) is 22.3 Å². The molecule has 0 spiro atoms. The Kier molecular flexibility index (Phi) is 5.12. The van der Waals surface area contributed by atoms with Gasteiger partial charge in [0.05, 0.1) is 11.3 Å². The molecule has 132 valence electrons. The van der Waals surface area contributed by atoms with Gasteiger partial charge in [-0.15, -0.1) is 0 Å². The van der Waals surface area contributed by atoms with Gasteiger partial charge >= 0.3 is 6.18 Å². The highest BCUT2D eigenvalue weighted by Crippen LogP contribution is 2.38. The number of benzene rings is 3. The van der Waals surface area contributed by atoms with Crippen LogP contribution in [0.2, 0.25) is 0 Å². The van der Waals surface area contributed by atoms with Crippen LogP contribution in [0.5, 0.6) is 0 Å². The fraction of sp³-hybridized carbons (Fsp3) is 0.0909. The highest BCUT2D eigenvalue weighted by molar-refractivity contribution is 5.86. The minimum atomic E-state index is -4.48. The molecular formula is C22H18F3N. The lowest BCUT2D eigenvalue weighted by Gasteiger charge is -2.16. The summed E-state index contributed by atoms with van der Waals surface area (Å²) in [6, 6.07) is 23.1. The summed E-state index contributed by atoms with van der Waals surface area (Å²) in [5.41, 5.74) is 7.85. The second-order valence-corrected chi connectivity index (χ2v) is 5.94. The normalized spacial score (nSPS) is 12.2. The van der Waals surface area contributed by atoms with Crippen LogP contribution in [0, 0.1) is 0 Å². The first-order chi connectivity index (χ1) is 12.5. The van der Waals surface area contributed by atoms with E-state index in [0.29, 0.717) is 17.6 Å². The molecule has 1 nitrogen and oxygen atoms in total. The number of anilines is 1. The number of nitrogens with two attached hydrogens (primary N) is 1. The molecule has 0 aromatic heterocycles. The lowest BCUT2D eigenvalue weighted by atomic mass is 9.93. The Morgan fingerprint density at radius 3 is 2.04 bits per heavy atom. The van der Waals surface area contributed by atoms with Gasteiger partial charge in [0.1, 0.15) is 0 Å². The van der Waals surface area contributed by atoms with Crippen LogP contribution in [0.25, 0.3) is 5.57 Å². The minimum Gasteiger partial charge on any atom is -0.398 e. The molecule has 0 atom stereocenters. The lowest BCUT2D eigenvalue weighted by Crippen LogP contribution is -2.10. The van der Waals surface area contributed by atoms with E-state index in [9.17, 15) is 13.2 Å². The SMILES string of the molecule is Nc1c(C(=CCc2ccccc2)c2ccccc2)cccc1C(F)(F)F. The molecule has 3 rings (SSSR count). The standard InChI is InChI=1S/C22H18F3N/c23-22(24,25)20-13-7-12-19(21(20)26)18(17-10-5-2-6-11-17)15-14-16-8-3-1-4-9-16/h1-13,15H,14,26H2. The Labute approximate surface area is 150 Å². The summed E-state index contributed by atoms with van der Waals surface area (Å²) in [6.07, 6.45) is -1.96. The van der Waals surface area contributed by atoms with Crippen LogP contribution in [0.3, 0.4) is 0 Å². The van der Waals surface area contributed by atoms with Crippen molar-refractivity contribution in [2.45, 2.75) is 12.6 Å². The topological polar surface area (TPSA) is 26.0 Å². The van der Waals surface area contributed by atoms with Crippen LogP contribution >= 0.6 is 0 Å². The average molecular weight is 353 g/mol. The predicted octanol–water partition coefficient (Wildman–Crippen LogP) is 5.96. The summed E-state index contributed by atoms with van der Waals surface area (Å²) in [7, 11) is 0. The van der Waals surface area contributed by atoms with Crippen molar-refractivity contribution in [1.29, 1.82) is 0 Å². The molecule has 3 aromatic rings. The van der Waals surface area contributed by atoms with E-state index < -0.39 is 11.7 Å². The smallest absolute Gasteiger partial charge is 0.398 e. The Bertz CT molecular complexity index is 898. The van der Waals surface area contributed by atoms with Gasteiger partial charge in [-0.05, 0) is 29.2 Å². The first-order valence-electron chi connectivity index (χ1n) is 8.22. The molecule has 0 aliphatic carbocycles. The first kappa shape index (κ1) is 17.8. The molecule has 0 amide bonds. The number of hydrogen-bond acceptors (Lipinski definition) is 1. The van der Waals surface area contributed by atoms with Crippen LogP contribution in [0.4, 0.5) is 18.9 Å². The predicted molar refractivity (Wildman–Crippen MR) is 99.5 cm³/mol. The monoisotopic (exact) mass is 353 g/mol. The third-order valence-electron chi connectivity index (χ3n) is 4.17. The average Bonchev–Trinajstić information content (AvgIpc) is 2.64. The summed E-state index contributed by atoms with van der Waals surface area (Å²) in [5, 5.41) is 0. The summed E-state index contributed by atoms with van der Waals surface area (Å²) >= 11 is 0. The molecule has 0 unspecified atom stereocenters. The van der Waals surface area contributed by atoms with Gasteiger partial charge in [-0.2, -0.15) is 13.2 Å². The Morgan fingerprint density at radius 1 is 0.808 bits per heavy atom. The van der Waals surface area contributed by atoms with Crippen molar-refractivity contribution in [3.05, 3.63) is 107 Å². The second-order valence-electron chi connectivity index (χ2n) is 5.94. The number of para-hydroxylation sites is 1. The van der Waals surface area contributed by atoms with E-state index in [2.05, 4.69) is 0 Å². The molecular weight excluding hydrogens is 335 g/mol. The Balaban J connectivity index is 2.10. The van der Waals surface area contributed by atoms with Gasteiger partial charge in [0.25, 0.3) is 0 Å². The molecule has 0 aliphatic rings. The fourth-order valence-corrected chi connectivity index (χ4v) is 2.88. The van der Waals surface area contributed by atoms with E-state index >= 15 is 0 Å². The molecule has 2 N–H and O–H groups in total. The summed E-state index contributed by atoms with van der Waals surface area (Å²) in [5.74, 6) is 0. The van der Waals surface area contributed by atoms with Crippen molar-refractivity contribution in [3.63, 3.8) is 0 Å². The maximum atomic E-state index is 13.2. The molecule has 3 aromatic carbocycles. The largest absolute Gasteiger partial charge is 0.418 e. The number of hydrogen-bond donors (Lipinski definition) is 1. The quantitative estimate of drug-likeness (QED) is 0.575. The van der Waals surface area contributed by atoms with Gasteiger partial charge in [0, 0.05) is 5.56 Å². The summed E-state index contributed by atoms with van der Waals surface area (Å²) in [6.45, 7) is 0. The molecule has 0 fully saturated rings. The van der Waals surface area contributed by atoms with Crippen molar-refractivity contribution >= 4 is 11.3 Å². The molecule has 0 bridgehead atoms. The van der Waals surface area contributed by atoms with Crippen molar-refractivity contribution in [2.75, 3.05) is 5.73 Å². The van der Waals surface area contributed by atoms with E-state index in [0.717, 1.165) is 17.2 Å². The van der Waals surface area contributed by atoms with Crippen molar-refractivity contribution in [3.8, 4) is 0 Å². The van der Waals surface area contributed by atoms with Crippen LogP contribution in [-0.2, 0) is 12.6 Å². The molecule has 4 heteroatoms. The molecule has 0 saturated heterocycles. The van der Waals surface area contributed by atoms with Gasteiger partial charge in [0.2, 0.25) is 0 Å². The Hall–Kier alpha value is -3.01. The third kappa shape index (κ3) is 3.97. The van der Waals surface area contributed by atoms with Crippen molar-refractivity contribution < 1.29 is 13.2 Å². The maximum absolute atomic E-state index is 13.2. The van der Waals surface area contributed by atoms with Crippen LogP contribution in [0.15, 0.2) is 84.9 Å². The second kappa shape index (κ2) is 7.48. The minimum absolute atomic E-state index is 0.247. The molecule has 0 radical (unpaired) electrons. The zero-order valence-electron chi connectivity index (χ0n) is 14.0. The number of rotatable bonds is 4. The van der Waals surface area contributed by atoms with Gasteiger partial charge in [0.15, 0.2) is 0 Å².